The zero-order valence-electron chi connectivity index (χ0n) is 20.1. The summed E-state index contributed by atoms with van der Waals surface area (Å²) >= 11 is 0. The average molecular weight is 469 g/mol. The second-order valence-electron chi connectivity index (χ2n) is 9.41. The van der Waals surface area contributed by atoms with Crippen molar-refractivity contribution in [3.8, 4) is 0 Å². The number of carbonyl (C=O) groups is 2. The van der Waals surface area contributed by atoms with Gasteiger partial charge in [-0.3, -0.25) is 14.7 Å². The molecule has 0 radical (unpaired) electrons. The van der Waals surface area contributed by atoms with E-state index in [1.165, 1.54) is 5.56 Å². The Morgan fingerprint density at radius 1 is 1.14 bits per heavy atom. The molecule has 4 aromatic rings. The smallest absolute Gasteiger partial charge is 0.257 e. The fraction of sp³-hybridized carbons (Fsp3) is 0.296. The molecule has 1 atom stereocenters. The molecule has 6 rings (SSSR count). The topological polar surface area (TPSA) is 86.3 Å². The number of fused-ring (bicyclic) bond motifs is 6. The van der Waals surface area contributed by atoms with Gasteiger partial charge >= 0.3 is 0 Å². The number of carbonyl (C=O) groups excluding carboxylic acids is 2. The van der Waals surface area contributed by atoms with Crippen molar-refractivity contribution in [2.24, 2.45) is 0 Å². The summed E-state index contributed by atoms with van der Waals surface area (Å²) in [4.78, 5) is 30.8. The highest BCUT2D eigenvalue weighted by Crippen LogP contribution is 2.44. The van der Waals surface area contributed by atoms with E-state index >= 15 is 0 Å². The van der Waals surface area contributed by atoms with Crippen molar-refractivity contribution in [3.63, 3.8) is 0 Å². The number of benzene rings is 2. The van der Waals surface area contributed by atoms with Crippen molar-refractivity contribution >= 4 is 28.4 Å². The van der Waals surface area contributed by atoms with E-state index in [9.17, 15) is 9.59 Å². The molecule has 4 heterocycles. The van der Waals surface area contributed by atoms with Gasteiger partial charge in [0.1, 0.15) is 12.7 Å². The summed E-state index contributed by atoms with van der Waals surface area (Å²) in [5.41, 5.74) is 7.76. The summed E-state index contributed by atoms with van der Waals surface area (Å²) in [6.45, 7) is 5.15. The molecule has 178 valence electrons. The Bertz CT molecular complexity index is 1460. The van der Waals surface area contributed by atoms with Crippen LogP contribution in [0.3, 0.4) is 0 Å². The molecule has 0 spiro atoms. The zero-order valence-corrected chi connectivity index (χ0v) is 20.1. The van der Waals surface area contributed by atoms with Crippen LogP contribution in [0.15, 0.2) is 48.5 Å². The molecule has 0 saturated carbocycles. The van der Waals surface area contributed by atoms with Crippen molar-refractivity contribution in [2.45, 2.75) is 39.5 Å². The van der Waals surface area contributed by atoms with Gasteiger partial charge in [0.05, 0.1) is 22.6 Å². The third-order valence-electron chi connectivity index (χ3n) is 7.45. The maximum Gasteiger partial charge on any atom is 0.257 e. The lowest BCUT2D eigenvalue weighted by molar-refractivity contribution is -0.121. The number of H-pyrrole nitrogens is 1. The van der Waals surface area contributed by atoms with Gasteiger partial charge in [-0.25, -0.2) is 0 Å². The number of hydrogen-bond donors (Lipinski definition) is 2. The third kappa shape index (κ3) is 3.24. The highest BCUT2D eigenvalue weighted by Gasteiger charge is 2.42. The highest BCUT2D eigenvalue weighted by molar-refractivity contribution is 6.02. The van der Waals surface area contributed by atoms with Gasteiger partial charge < -0.3 is 19.7 Å². The molecule has 8 heteroatoms. The first-order valence-electron chi connectivity index (χ1n) is 12.0. The minimum absolute atomic E-state index is 0.0431. The Hall–Kier alpha value is -4.07. The van der Waals surface area contributed by atoms with E-state index in [2.05, 4.69) is 37.1 Å². The minimum Gasteiger partial charge on any atom is -0.350 e. The molecule has 0 saturated heterocycles. The number of aryl methyl sites for hydroxylation is 2. The van der Waals surface area contributed by atoms with Gasteiger partial charge in [-0.05, 0) is 44.0 Å². The second-order valence-corrected chi connectivity index (χ2v) is 9.41. The number of nitrogens with one attached hydrogen (secondary N) is 2. The largest absolute Gasteiger partial charge is 0.350 e. The van der Waals surface area contributed by atoms with Crippen LogP contribution in [0.25, 0.3) is 10.9 Å². The van der Waals surface area contributed by atoms with Gasteiger partial charge in [0, 0.05) is 42.3 Å². The Morgan fingerprint density at radius 2 is 1.91 bits per heavy atom. The minimum atomic E-state index is -0.264. The molecule has 2 N–H and O–H groups in total. The SMILES string of the molecule is Cc1n[nH]c(C)c1CNC(=O)Cn1c2c(c3ccccc31)CCN1C(=O)c3ccccc3N(C)C21. The van der Waals surface area contributed by atoms with E-state index in [4.69, 9.17) is 0 Å². The van der Waals surface area contributed by atoms with E-state index in [0.29, 0.717) is 13.1 Å². The van der Waals surface area contributed by atoms with Crippen LogP contribution >= 0.6 is 0 Å². The molecule has 0 aliphatic carbocycles. The second kappa shape index (κ2) is 8.01. The molecular formula is C27H28N6O2. The molecule has 0 bridgehead atoms. The van der Waals surface area contributed by atoms with Crippen molar-refractivity contribution in [2.75, 3.05) is 18.5 Å². The number of aromatic nitrogens is 3. The van der Waals surface area contributed by atoms with Crippen LogP contribution in [0, 0.1) is 13.8 Å². The van der Waals surface area contributed by atoms with Crippen molar-refractivity contribution in [1.29, 1.82) is 0 Å². The van der Waals surface area contributed by atoms with E-state index in [1.54, 1.807) is 0 Å². The normalized spacial score (nSPS) is 16.8. The molecule has 2 aromatic heterocycles. The number of aromatic amines is 1. The molecule has 8 nitrogen and oxygen atoms in total. The fourth-order valence-electron chi connectivity index (χ4n) is 5.70. The van der Waals surface area contributed by atoms with Gasteiger partial charge in [-0.2, -0.15) is 5.10 Å². The number of nitrogens with zero attached hydrogens (tertiary/aromatic N) is 4. The lowest BCUT2D eigenvalue weighted by atomic mass is 9.96. The maximum atomic E-state index is 13.5. The van der Waals surface area contributed by atoms with Gasteiger partial charge in [-0.1, -0.05) is 30.3 Å². The van der Waals surface area contributed by atoms with Gasteiger partial charge in [0.15, 0.2) is 0 Å². The van der Waals surface area contributed by atoms with E-state index in [1.807, 2.05) is 62.2 Å². The van der Waals surface area contributed by atoms with Gasteiger partial charge in [-0.15, -0.1) is 0 Å². The van der Waals surface area contributed by atoms with Crippen LogP contribution in [-0.2, 0) is 24.3 Å². The predicted octanol–water partition coefficient (Wildman–Crippen LogP) is 3.44. The number of rotatable bonds is 4. The number of hydrogen-bond acceptors (Lipinski definition) is 4. The molecule has 2 amide bonds. The molecule has 1 unspecified atom stereocenters. The molecule has 2 aromatic carbocycles. The summed E-state index contributed by atoms with van der Waals surface area (Å²) in [6.07, 6.45) is 0.496. The van der Waals surface area contributed by atoms with Gasteiger partial charge in [0.25, 0.3) is 5.91 Å². The number of para-hydroxylation sites is 2. The van der Waals surface area contributed by atoms with Crippen molar-refractivity contribution in [1.82, 2.24) is 25.0 Å². The van der Waals surface area contributed by atoms with Crippen LogP contribution in [0.5, 0.6) is 0 Å². The van der Waals surface area contributed by atoms with Gasteiger partial charge in [0.2, 0.25) is 5.91 Å². The zero-order chi connectivity index (χ0) is 24.3. The fourth-order valence-corrected chi connectivity index (χ4v) is 5.70. The first-order chi connectivity index (χ1) is 17.0. The van der Waals surface area contributed by atoms with Crippen LogP contribution < -0.4 is 10.2 Å². The maximum absolute atomic E-state index is 13.5. The Labute approximate surface area is 203 Å². The summed E-state index contributed by atoms with van der Waals surface area (Å²) in [6, 6.07) is 16.0. The Kier molecular flexibility index (Phi) is 4.91. The van der Waals surface area contributed by atoms with Crippen molar-refractivity contribution < 1.29 is 9.59 Å². The Balaban J connectivity index is 1.41. The number of anilines is 1. The van der Waals surface area contributed by atoms with E-state index < -0.39 is 0 Å². The monoisotopic (exact) mass is 468 g/mol. The molecular weight excluding hydrogens is 440 g/mol. The van der Waals surface area contributed by atoms with Crippen LogP contribution in [0.1, 0.15) is 44.7 Å². The lowest BCUT2D eigenvalue weighted by Crippen LogP contribution is -2.51. The first-order valence-corrected chi connectivity index (χ1v) is 12.0. The third-order valence-corrected chi connectivity index (χ3v) is 7.45. The van der Waals surface area contributed by atoms with Crippen LogP contribution in [0.4, 0.5) is 5.69 Å². The van der Waals surface area contributed by atoms with Crippen molar-refractivity contribution in [3.05, 3.63) is 82.3 Å². The summed E-state index contributed by atoms with van der Waals surface area (Å²) < 4.78 is 2.10. The van der Waals surface area contributed by atoms with E-state index in [-0.39, 0.29) is 24.5 Å². The molecule has 0 fully saturated rings. The van der Waals surface area contributed by atoms with Crippen LogP contribution in [-0.4, -0.2) is 45.1 Å². The molecule has 35 heavy (non-hydrogen) atoms. The van der Waals surface area contributed by atoms with Crippen LogP contribution in [0.2, 0.25) is 0 Å². The lowest BCUT2D eigenvalue weighted by Gasteiger charge is -2.46. The summed E-state index contributed by atoms with van der Waals surface area (Å²) in [7, 11) is 2.03. The average Bonchev–Trinajstić information content (AvgIpc) is 3.37. The molecule has 2 aliphatic rings. The highest BCUT2D eigenvalue weighted by atomic mass is 16.2. The summed E-state index contributed by atoms with van der Waals surface area (Å²) in [5.74, 6) is -0.0302. The Morgan fingerprint density at radius 3 is 2.71 bits per heavy atom. The summed E-state index contributed by atoms with van der Waals surface area (Å²) in [5, 5.41) is 11.4. The molecule has 2 aliphatic heterocycles. The number of amides is 2. The quantitative estimate of drug-likeness (QED) is 0.480. The predicted molar refractivity (Wildman–Crippen MR) is 134 cm³/mol. The first kappa shape index (κ1) is 21.5. The standard InChI is InChI=1S/C27H28N6O2/c1-16-21(17(2)30-29-16)14-28-24(34)15-33-23-11-7-4-8-18(23)19-12-13-32-26(25(19)33)31(3)22-10-6-5-9-20(22)27(32)35/h4-11,26H,12-15H2,1-3H3,(H,28,34)(H,29,30). The van der Waals surface area contributed by atoms with E-state index in [0.717, 1.165) is 51.2 Å².